The summed E-state index contributed by atoms with van der Waals surface area (Å²) >= 11 is 0. The highest BCUT2D eigenvalue weighted by Gasteiger charge is 2.29. The summed E-state index contributed by atoms with van der Waals surface area (Å²) in [6.07, 6.45) is 11.4. The largest absolute Gasteiger partial charge is 0.356 e. The van der Waals surface area contributed by atoms with Crippen LogP contribution in [0.3, 0.4) is 0 Å². The second-order valence-electron chi connectivity index (χ2n) is 6.84. The molecule has 1 saturated heterocycles. The van der Waals surface area contributed by atoms with Gasteiger partial charge in [-0.3, -0.25) is 14.5 Å². The Kier molecular flexibility index (Phi) is 5.91. The molecule has 0 aromatic carbocycles. The van der Waals surface area contributed by atoms with Crippen molar-refractivity contribution in [3.63, 3.8) is 0 Å². The van der Waals surface area contributed by atoms with Crippen LogP contribution in [0.25, 0.3) is 0 Å². The molecule has 0 aromatic rings. The molecular weight excluding hydrogens is 316 g/mol. The van der Waals surface area contributed by atoms with E-state index < -0.39 is 0 Å². The number of allylic oxidation sites excluding steroid dienone is 3. The van der Waals surface area contributed by atoms with Crippen LogP contribution in [-0.2, 0) is 9.59 Å². The van der Waals surface area contributed by atoms with Crippen LogP contribution in [0.1, 0.15) is 32.6 Å². The molecule has 0 bridgehead atoms. The summed E-state index contributed by atoms with van der Waals surface area (Å²) in [5, 5.41) is 3.03. The number of nitrogens with zero attached hydrogens (tertiary/aromatic N) is 3. The lowest BCUT2D eigenvalue weighted by Crippen LogP contribution is -2.45. The Hall–Kier alpha value is -2.08. The molecule has 0 aromatic heterocycles. The van der Waals surface area contributed by atoms with Gasteiger partial charge in [-0.05, 0) is 31.9 Å². The van der Waals surface area contributed by atoms with Crippen LogP contribution in [0.5, 0.6) is 0 Å². The molecule has 2 unspecified atom stereocenters. The van der Waals surface area contributed by atoms with Gasteiger partial charge >= 0.3 is 0 Å². The van der Waals surface area contributed by atoms with Crippen molar-refractivity contribution in [2.45, 2.75) is 32.6 Å². The van der Waals surface area contributed by atoms with Crippen molar-refractivity contribution in [1.82, 2.24) is 10.2 Å². The average molecular weight is 342 g/mol. The van der Waals surface area contributed by atoms with E-state index in [-0.39, 0.29) is 23.7 Å². The summed E-state index contributed by atoms with van der Waals surface area (Å²) in [5.41, 5.74) is 0.767. The number of fused-ring (bicyclic) bond motifs is 1. The summed E-state index contributed by atoms with van der Waals surface area (Å²) in [6, 6.07) is 0. The van der Waals surface area contributed by atoms with Gasteiger partial charge in [0.1, 0.15) is 11.8 Å². The summed E-state index contributed by atoms with van der Waals surface area (Å²) in [7, 11) is 0. The average Bonchev–Trinajstić information content (AvgIpc) is 2.62. The monoisotopic (exact) mass is 342 g/mol. The van der Waals surface area contributed by atoms with Crippen LogP contribution < -0.4 is 5.32 Å². The quantitative estimate of drug-likeness (QED) is 0.747. The third-order valence-corrected chi connectivity index (χ3v) is 4.83. The van der Waals surface area contributed by atoms with E-state index in [4.69, 9.17) is 0 Å². The minimum Gasteiger partial charge on any atom is -0.356 e. The van der Waals surface area contributed by atoms with Crippen LogP contribution in [0.15, 0.2) is 34.3 Å². The highest BCUT2D eigenvalue weighted by Crippen LogP contribution is 2.19. The van der Waals surface area contributed by atoms with Gasteiger partial charge in [-0.2, -0.15) is 4.99 Å². The molecule has 1 aliphatic carbocycles. The maximum atomic E-state index is 12.3. The van der Waals surface area contributed by atoms with Gasteiger partial charge in [0.25, 0.3) is 5.91 Å². The third kappa shape index (κ3) is 4.51. The van der Waals surface area contributed by atoms with Crippen molar-refractivity contribution in [3.05, 3.63) is 24.3 Å². The predicted octanol–water partition coefficient (Wildman–Crippen LogP) is 1.74. The fraction of sp³-hybridized carbons (Fsp3) is 0.579. The smallest absolute Gasteiger partial charge is 0.260 e. The van der Waals surface area contributed by atoms with Crippen molar-refractivity contribution < 1.29 is 9.59 Å². The molecule has 0 saturated carbocycles. The van der Waals surface area contributed by atoms with Crippen molar-refractivity contribution in [1.29, 1.82) is 0 Å². The molecule has 1 N–H and O–H groups in total. The van der Waals surface area contributed by atoms with Crippen LogP contribution in [0.4, 0.5) is 0 Å². The molecule has 6 nitrogen and oxygen atoms in total. The van der Waals surface area contributed by atoms with E-state index in [9.17, 15) is 9.59 Å². The number of amidine groups is 1. The van der Waals surface area contributed by atoms with Gasteiger partial charge in [-0.15, -0.1) is 0 Å². The Balaban J connectivity index is 1.57. The standard InChI is InChI=1S/C19H26N4O2/c1-2-3-10-20-18(24)14-7-6-11-23(12-14)13-17-21-16-9-5-4-8-15(16)19(25)22-17/h4-5,8-9,14-15H,2-3,6-7,10-13H2,1H3,(H,20,24). The van der Waals surface area contributed by atoms with Crippen LogP contribution >= 0.6 is 0 Å². The van der Waals surface area contributed by atoms with E-state index in [1.165, 1.54) is 0 Å². The van der Waals surface area contributed by atoms with Crippen LogP contribution in [0.2, 0.25) is 0 Å². The molecule has 2 aliphatic heterocycles. The number of rotatable bonds is 6. The lowest BCUT2D eigenvalue weighted by Gasteiger charge is -2.32. The number of nitrogens with one attached hydrogen (secondary N) is 1. The molecule has 1 fully saturated rings. The van der Waals surface area contributed by atoms with Gasteiger partial charge in [-0.25, -0.2) is 4.99 Å². The summed E-state index contributed by atoms with van der Waals surface area (Å²) < 4.78 is 0. The van der Waals surface area contributed by atoms with Gasteiger partial charge < -0.3 is 5.32 Å². The van der Waals surface area contributed by atoms with Crippen molar-refractivity contribution in [3.8, 4) is 0 Å². The lowest BCUT2D eigenvalue weighted by molar-refractivity contribution is -0.126. The Labute approximate surface area is 148 Å². The number of aliphatic imine (C=N–C) groups is 2. The zero-order valence-corrected chi connectivity index (χ0v) is 14.8. The number of piperidine rings is 1. The van der Waals surface area contributed by atoms with Gasteiger partial charge in [0.05, 0.1) is 18.2 Å². The van der Waals surface area contributed by atoms with Crippen molar-refractivity contribution >= 4 is 23.4 Å². The highest BCUT2D eigenvalue weighted by atomic mass is 16.2. The Morgan fingerprint density at radius 1 is 1.36 bits per heavy atom. The summed E-state index contributed by atoms with van der Waals surface area (Å²) in [6.45, 7) is 5.01. The lowest BCUT2D eigenvalue weighted by atomic mass is 9.96. The SMILES string of the molecule is CCCCNC(=O)C1CCCN(CC2=NC(=O)C3C=CC=CC3=N2)C1. The number of unbranched alkanes of at least 4 members (excludes halogenated alkanes) is 1. The van der Waals surface area contributed by atoms with Gasteiger partial charge in [0.2, 0.25) is 5.91 Å². The molecule has 2 atom stereocenters. The third-order valence-electron chi connectivity index (χ3n) is 4.83. The molecule has 134 valence electrons. The number of hydrogen-bond acceptors (Lipinski definition) is 4. The molecule has 2 heterocycles. The number of amides is 2. The number of likely N-dealkylation sites (tertiary alicyclic amines) is 1. The first-order valence-corrected chi connectivity index (χ1v) is 9.22. The van der Waals surface area contributed by atoms with Gasteiger partial charge in [0, 0.05) is 13.1 Å². The van der Waals surface area contributed by atoms with Crippen molar-refractivity contribution in [2.75, 3.05) is 26.2 Å². The maximum absolute atomic E-state index is 12.3. The normalized spacial score (nSPS) is 26.0. The topological polar surface area (TPSA) is 74.1 Å². The Morgan fingerprint density at radius 2 is 2.24 bits per heavy atom. The second-order valence-corrected chi connectivity index (χ2v) is 6.84. The molecule has 2 amide bonds. The minimum absolute atomic E-state index is 0.0170. The van der Waals surface area contributed by atoms with Gasteiger partial charge in [-0.1, -0.05) is 31.6 Å². The Morgan fingerprint density at radius 3 is 3.08 bits per heavy atom. The molecule has 3 rings (SSSR count). The van der Waals surface area contributed by atoms with Gasteiger partial charge in [0.15, 0.2) is 0 Å². The zero-order valence-electron chi connectivity index (χ0n) is 14.8. The van der Waals surface area contributed by atoms with E-state index in [1.54, 1.807) is 0 Å². The van der Waals surface area contributed by atoms with E-state index in [2.05, 4.69) is 27.1 Å². The molecule has 0 radical (unpaired) electrons. The fourth-order valence-electron chi connectivity index (χ4n) is 3.43. The first-order valence-electron chi connectivity index (χ1n) is 9.22. The number of carbonyl (C=O) groups excluding carboxylic acids is 2. The maximum Gasteiger partial charge on any atom is 0.260 e. The minimum atomic E-state index is -0.327. The predicted molar refractivity (Wildman–Crippen MR) is 98.7 cm³/mol. The van der Waals surface area contributed by atoms with Crippen LogP contribution in [-0.4, -0.2) is 54.4 Å². The molecule has 25 heavy (non-hydrogen) atoms. The molecule has 3 aliphatic rings. The first-order chi connectivity index (χ1) is 12.2. The summed E-state index contributed by atoms with van der Waals surface area (Å²) in [4.78, 5) is 35.3. The Bertz CT molecular complexity index is 648. The zero-order chi connectivity index (χ0) is 17.6. The number of carbonyl (C=O) groups is 2. The van der Waals surface area contributed by atoms with E-state index in [1.807, 2.05) is 24.3 Å². The van der Waals surface area contributed by atoms with Crippen molar-refractivity contribution in [2.24, 2.45) is 21.8 Å². The van der Waals surface area contributed by atoms with Crippen LogP contribution in [0, 0.1) is 11.8 Å². The van der Waals surface area contributed by atoms with E-state index in [0.717, 1.165) is 44.5 Å². The molecular formula is C19H26N4O2. The fourth-order valence-corrected chi connectivity index (χ4v) is 3.43. The highest BCUT2D eigenvalue weighted by molar-refractivity contribution is 6.21. The molecule has 0 spiro atoms. The first kappa shape index (κ1) is 17.7. The summed E-state index contributed by atoms with van der Waals surface area (Å²) in [5.74, 6) is 0.247. The van der Waals surface area contributed by atoms with E-state index in [0.29, 0.717) is 18.9 Å². The molecule has 6 heteroatoms. The van der Waals surface area contributed by atoms with E-state index >= 15 is 0 Å². The second kappa shape index (κ2) is 8.34. The number of hydrogen-bond donors (Lipinski definition) is 1.